The van der Waals surface area contributed by atoms with Gasteiger partial charge < -0.3 is 0 Å². The molecule has 0 spiro atoms. The van der Waals surface area contributed by atoms with Gasteiger partial charge in [-0.15, -0.1) is 9.05 Å². The highest BCUT2D eigenvalue weighted by Gasteiger charge is 2.28. The quantitative estimate of drug-likeness (QED) is 0.242. The third-order valence-corrected chi connectivity index (χ3v) is 6.22. The molecule has 4 heteroatoms. The summed E-state index contributed by atoms with van der Waals surface area (Å²) < 4.78 is 24.1. The van der Waals surface area contributed by atoms with E-state index in [2.05, 4.69) is 48.5 Å². The van der Waals surface area contributed by atoms with Gasteiger partial charge in [-0.25, -0.2) is 0 Å². The Labute approximate surface area is 190 Å². The Hall–Kier alpha value is -3.10. The van der Waals surface area contributed by atoms with Gasteiger partial charge in [0.2, 0.25) is 0 Å². The van der Waals surface area contributed by atoms with E-state index in [4.69, 9.17) is 9.05 Å². The Bertz CT molecular complexity index is 919. The van der Waals surface area contributed by atoms with Crippen LogP contribution in [0.15, 0.2) is 121 Å². The Morgan fingerprint density at radius 1 is 0.469 bits per heavy atom. The molecule has 0 aliphatic carbocycles. The first-order chi connectivity index (χ1) is 15.8. The molecule has 0 aromatic heterocycles. The molecule has 0 N–H and O–H groups in total. The number of hydrogen-bond donors (Lipinski definition) is 0. The molecule has 0 unspecified atom stereocenters. The first kappa shape index (κ1) is 22.1. The lowest BCUT2D eigenvalue weighted by atomic mass is 9.92. The predicted octanol–water partition coefficient (Wildman–Crippen LogP) is 7.34. The molecule has 4 rings (SSSR count). The summed E-state index contributed by atoms with van der Waals surface area (Å²) in [6.07, 6.45) is 0. The molecule has 0 saturated carbocycles. The molecule has 0 amide bonds. The van der Waals surface area contributed by atoms with Crippen molar-refractivity contribution in [2.75, 3.05) is 13.2 Å². The smallest absolute Gasteiger partial charge is 0.118 e. The van der Waals surface area contributed by atoms with Crippen LogP contribution in [0.25, 0.3) is 0 Å². The summed E-state index contributed by atoms with van der Waals surface area (Å²) in [7, 11) is -2.26. The standard InChI is InChI=1S/C28H26O3P/c29-32(30-21-27(23-13-5-1-6-14-23)24-15-7-2-8-16-24)31-22-28(25-17-9-3-10-18-25)26-19-11-4-12-20-26/h1-20,27-28H,21-22H2/q+1. The second-order valence-corrected chi connectivity index (χ2v) is 8.53. The zero-order valence-electron chi connectivity index (χ0n) is 17.8. The van der Waals surface area contributed by atoms with Crippen LogP contribution in [0.3, 0.4) is 0 Å². The van der Waals surface area contributed by atoms with E-state index < -0.39 is 8.25 Å². The molecule has 3 nitrogen and oxygen atoms in total. The van der Waals surface area contributed by atoms with Gasteiger partial charge in [-0.2, -0.15) is 0 Å². The van der Waals surface area contributed by atoms with E-state index in [0.717, 1.165) is 22.3 Å². The molecule has 0 aliphatic heterocycles. The molecule has 0 fully saturated rings. The van der Waals surface area contributed by atoms with Gasteiger partial charge in [0.25, 0.3) is 0 Å². The van der Waals surface area contributed by atoms with E-state index in [1.54, 1.807) is 0 Å². The second-order valence-electron chi connectivity index (χ2n) is 7.56. The maximum Gasteiger partial charge on any atom is 0.697 e. The molecule has 0 aliphatic rings. The Kier molecular flexibility index (Phi) is 7.94. The minimum absolute atomic E-state index is 0.0148. The van der Waals surface area contributed by atoms with E-state index in [-0.39, 0.29) is 25.0 Å². The second kappa shape index (κ2) is 11.5. The van der Waals surface area contributed by atoms with Crippen molar-refractivity contribution in [1.29, 1.82) is 0 Å². The van der Waals surface area contributed by atoms with Crippen LogP contribution in [0.4, 0.5) is 0 Å². The van der Waals surface area contributed by atoms with Crippen molar-refractivity contribution in [3.8, 4) is 0 Å². The van der Waals surface area contributed by atoms with Crippen LogP contribution in [-0.4, -0.2) is 13.2 Å². The summed E-state index contributed by atoms with van der Waals surface area (Å²) in [6.45, 7) is 0.565. The largest absolute Gasteiger partial charge is 0.697 e. The highest BCUT2D eigenvalue weighted by Crippen LogP contribution is 2.34. The van der Waals surface area contributed by atoms with Crippen molar-refractivity contribution in [1.82, 2.24) is 0 Å². The molecular weight excluding hydrogens is 415 g/mol. The summed E-state index contributed by atoms with van der Waals surface area (Å²) in [6, 6.07) is 40.5. The third-order valence-electron chi connectivity index (χ3n) is 5.50. The fourth-order valence-electron chi connectivity index (χ4n) is 3.82. The molecule has 0 atom stereocenters. The Morgan fingerprint density at radius 3 is 0.969 bits per heavy atom. The van der Waals surface area contributed by atoms with E-state index in [1.807, 2.05) is 72.8 Å². The molecular formula is C28H26O3P+. The van der Waals surface area contributed by atoms with Gasteiger partial charge in [0, 0.05) is 16.4 Å². The molecule has 4 aromatic rings. The molecule has 0 heterocycles. The minimum atomic E-state index is -2.26. The van der Waals surface area contributed by atoms with E-state index >= 15 is 0 Å². The van der Waals surface area contributed by atoms with Crippen molar-refractivity contribution in [3.63, 3.8) is 0 Å². The lowest BCUT2D eigenvalue weighted by Crippen LogP contribution is -2.10. The Morgan fingerprint density at radius 2 is 0.719 bits per heavy atom. The average Bonchev–Trinajstić information content (AvgIpc) is 2.87. The van der Waals surface area contributed by atoms with Crippen molar-refractivity contribution in [2.24, 2.45) is 0 Å². The van der Waals surface area contributed by atoms with Gasteiger partial charge in [0.05, 0.1) is 0 Å². The van der Waals surface area contributed by atoms with Gasteiger partial charge in [0.15, 0.2) is 0 Å². The lowest BCUT2D eigenvalue weighted by Gasteiger charge is -2.16. The fourth-order valence-corrected chi connectivity index (χ4v) is 4.44. The molecule has 0 radical (unpaired) electrons. The van der Waals surface area contributed by atoms with Gasteiger partial charge in [0.1, 0.15) is 13.2 Å². The van der Waals surface area contributed by atoms with Crippen molar-refractivity contribution in [3.05, 3.63) is 144 Å². The Balaban J connectivity index is 1.43. The lowest BCUT2D eigenvalue weighted by molar-refractivity contribution is 0.216. The number of hydrogen-bond acceptors (Lipinski definition) is 3. The van der Waals surface area contributed by atoms with Gasteiger partial charge in [-0.05, 0) is 22.3 Å². The van der Waals surface area contributed by atoms with Crippen molar-refractivity contribution >= 4 is 8.25 Å². The summed E-state index contributed by atoms with van der Waals surface area (Å²) in [5.74, 6) is -0.0296. The summed E-state index contributed by atoms with van der Waals surface area (Å²) in [4.78, 5) is 0. The fraction of sp³-hybridized carbons (Fsp3) is 0.143. The maximum absolute atomic E-state index is 12.7. The normalized spacial score (nSPS) is 11.1. The number of benzene rings is 4. The molecule has 4 aromatic carbocycles. The van der Waals surface area contributed by atoms with Crippen LogP contribution in [0.2, 0.25) is 0 Å². The zero-order valence-corrected chi connectivity index (χ0v) is 18.7. The van der Waals surface area contributed by atoms with Gasteiger partial charge in [-0.3, -0.25) is 0 Å². The molecule has 0 bridgehead atoms. The SMILES string of the molecule is O=[P+](OCC(c1ccccc1)c1ccccc1)OCC(c1ccccc1)c1ccccc1. The average molecular weight is 441 g/mol. The van der Waals surface area contributed by atoms with E-state index in [9.17, 15) is 4.57 Å². The maximum atomic E-state index is 12.7. The highest BCUT2D eigenvalue weighted by atomic mass is 31.1. The van der Waals surface area contributed by atoms with Crippen LogP contribution < -0.4 is 0 Å². The molecule has 0 saturated heterocycles. The van der Waals surface area contributed by atoms with Crippen LogP contribution >= 0.6 is 8.25 Å². The van der Waals surface area contributed by atoms with E-state index in [0.29, 0.717) is 0 Å². The van der Waals surface area contributed by atoms with Crippen molar-refractivity contribution < 1.29 is 13.6 Å². The van der Waals surface area contributed by atoms with Crippen LogP contribution in [-0.2, 0) is 13.6 Å². The topological polar surface area (TPSA) is 35.5 Å². The molecule has 160 valence electrons. The highest BCUT2D eigenvalue weighted by molar-refractivity contribution is 7.33. The van der Waals surface area contributed by atoms with E-state index in [1.165, 1.54) is 0 Å². The predicted molar refractivity (Wildman–Crippen MR) is 129 cm³/mol. The van der Waals surface area contributed by atoms with Gasteiger partial charge in [-0.1, -0.05) is 121 Å². The van der Waals surface area contributed by atoms with Crippen LogP contribution in [0.1, 0.15) is 34.1 Å². The summed E-state index contributed by atoms with van der Waals surface area (Å²) in [5.41, 5.74) is 4.48. The zero-order chi connectivity index (χ0) is 22.0. The first-order valence-corrected chi connectivity index (χ1v) is 11.8. The monoisotopic (exact) mass is 441 g/mol. The summed E-state index contributed by atoms with van der Waals surface area (Å²) in [5, 5.41) is 0. The van der Waals surface area contributed by atoms with Crippen LogP contribution in [0, 0.1) is 0 Å². The first-order valence-electron chi connectivity index (χ1n) is 10.7. The summed E-state index contributed by atoms with van der Waals surface area (Å²) >= 11 is 0. The molecule has 32 heavy (non-hydrogen) atoms. The van der Waals surface area contributed by atoms with Gasteiger partial charge >= 0.3 is 8.25 Å². The van der Waals surface area contributed by atoms with Crippen molar-refractivity contribution in [2.45, 2.75) is 11.8 Å². The van der Waals surface area contributed by atoms with Crippen LogP contribution in [0.5, 0.6) is 0 Å². The third kappa shape index (κ3) is 5.99. The minimum Gasteiger partial charge on any atom is -0.118 e. The number of rotatable bonds is 10.